The van der Waals surface area contributed by atoms with Gasteiger partial charge in [0.25, 0.3) is 0 Å². The number of imidazole rings is 1. The van der Waals surface area contributed by atoms with E-state index in [-0.39, 0.29) is 5.41 Å². The summed E-state index contributed by atoms with van der Waals surface area (Å²) >= 11 is 1.71. The standard InChI is InChI=1S/C11H20N2S/c1-8(2)9-10(11(3,4)5)12-7-13(9)14-6/h7-8H,1-6H3. The summed E-state index contributed by atoms with van der Waals surface area (Å²) in [6.07, 6.45) is 4.01. The van der Waals surface area contributed by atoms with Crippen LogP contribution in [-0.4, -0.2) is 15.2 Å². The molecule has 1 heterocycles. The smallest absolute Gasteiger partial charge is 0.105 e. The summed E-state index contributed by atoms with van der Waals surface area (Å²) in [7, 11) is 0. The highest BCUT2D eigenvalue weighted by molar-refractivity contribution is 7.97. The Morgan fingerprint density at radius 2 is 1.93 bits per heavy atom. The SMILES string of the molecule is CSn1cnc(C(C)(C)C)c1C(C)C. The first kappa shape index (κ1) is 11.6. The summed E-state index contributed by atoms with van der Waals surface area (Å²) in [5.41, 5.74) is 2.72. The lowest BCUT2D eigenvalue weighted by Crippen LogP contribution is -2.15. The van der Waals surface area contributed by atoms with Gasteiger partial charge in [0.05, 0.1) is 11.4 Å². The fourth-order valence-electron chi connectivity index (χ4n) is 1.59. The topological polar surface area (TPSA) is 17.8 Å². The summed E-state index contributed by atoms with van der Waals surface area (Å²) in [5.74, 6) is 0.527. The Labute approximate surface area is 91.2 Å². The van der Waals surface area contributed by atoms with Gasteiger partial charge >= 0.3 is 0 Å². The minimum absolute atomic E-state index is 0.139. The lowest BCUT2D eigenvalue weighted by atomic mass is 9.88. The molecule has 0 saturated heterocycles. The highest BCUT2D eigenvalue weighted by Gasteiger charge is 2.24. The van der Waals surface area contributed by atoms with Crippen molar-refractivity contribution in [2.45, 2.75) is 46.0 Å². The third kappa shape index (κ3) is 2.14. The third-order valence-electron chi connectivity index (χ3n) is 2.23. The first-order valence-electron chi connectivity index (χ1n) is 5.00. The Kier molecular flexibility index (Phi) is 3.30. The van der Waals surface area contributed by atoms with Gasteiger partial charge in [0.1, 0.15) is 6.33 Å². The summed E-state index contributed by atoms with van der Waals surface area (Å²) < 4.78 is 2.17. The molecule has 0 saturated carbocycles. The fraction of sp³-hybridized carbons (Fsp3) is 0.727. The predicted octanol–water partition coefficient (Wildman–Crippen LogP) is 3.43. The Balaban J connectivity index is 3.25. The average molecular weight is 212 g/mol. The largest absolute Gasteiger partial charge is 0.277 e. The summed E-state index contributed by atoms with van der Waals surface area (Å²) in [6.45, 7) is 11.1. The van der Waals surface area contributed by atoms with Gasteiger partial charge in [-0.1, -0.05) is 34.6 Å². The van der Waals surface area contributed by atoms with Crippen molar-refractivity contribution in [2.75, 3.05) is 6.26 Å². The van der Waals surface area contributed by atoms with Gasteiger partial charge in [-0.25, -0.2) is 4.98 Å². The van der Waals surface area contributed by atoms with Gasteiger partial charge in [0.2, 0.25) is 0 Å². The van der Waals surface area contributed by atoms with Crippen LogP contribution < -0.4 is 0 Å². The zero-order valence-electron chi connectivity index (χ0n) is 9.96. The molecule has 80 valence electrons. The van der Waals surface area contributed by atoms with Crippen LogP contribution >= 0.6 is 11.9 Å². The molecule has 1 aromatic rings. The molecule has 0 unspecified atom stereocenters. The van der Waals surface area contributed by atoms with E-state index in [4.69, 9.17) is 0 Å². The van der Waals surface area contributed by atoms with Gasteiger partial charge < -0.3 is 0 Å². The lowest BCUT2D eigenvalue weighted by Gasteiger charge is -2.20. The van der Waals surface area contributed by atoms with Crippen LogP contribution in [0.2, 0.25) is 0 Å². The molecule has 2 nitrogen and oxygen atoms in total. The van der Waals surface area contributed by atoms with Crippen LogP contribution in [0, 0.1) is 0 Å². The van der Waals surface area contributed by atoms with Crippen LogP contribution in [0.15, 0.2) is 6.33 Å². The van der Waals surface area contributed by atoms with Crippen LogP contribution in [0.3, 0.4) is 0 Å². The molecule has 0 atom stereocenters. The lowest BCUT2D eigenvalue weighted by molar-refractivity contribution is 0.558. The van der Waals surface area contributed by atoms with E-state index in [1.165, 1.54) is 11.4 Å². The highest BCUT2D eigenvalue weighted by atomic mass is 32.2. The monoisotopic (exact) mass is 212 g/mol. The van der Waals surface area contributed by atoms with Gasteiger partial charge in [-0.3, -0.25) is 3.97 Å². The molecule has 1 rings (SSSR count). The van der Waals surface area contributed by atoms with Gasteiger partial charge in [0.15, 0.2) is 0 Å². The zero-order chi connectivity index (χ0) is 10.9. The van der Waals surface area contributed by atoms with E-state index in [9.17, 15) is 0 Å². The fourth-order valence-corrected chi connectivity index (χ4v) is 2.23. The summed E-state index contributed by atoms with van der Waals surface area (Å²) in [5, 5.41) is 0. The molecule has 0 aliphatic heterocycles. The first-order valence-corrected chi connectivity index (χ1v) is 6.18. The van der Waals surface area contributed by atoms with E-state index < -0.39 is 0 Å². The van der Waals surface area contributed by atoms with Gasteiger partial charge in [-0.15, -0.1) is 0 Å². The van der Waals surface area contributed by atoms with E-state index in [2.05, 4.69) is 49.8 Å². The Bertz CT molecular complexity index is 308. The maximum Gasteiger partial charge on any atom is 0.105 e. The van der Waals surface area contributed by atoms with E-state index >= 15 is 0 Å². The summed E-state index contributed by atoms with van der Waals surface area (Å²) in [6, 6.07) is 0. The number of aromatic nitrogens is 2. The second-order valence-corrected chi connectivity index (χ2v) is 5.65. The van der Waals surface area contributed by atoms with E-state index in [1.54, 1.807) is 11.9 Å². The minimum Gasteiger partial charge on any atom is -0.277 e. The van der Waals surface area contributed by atoms with Crippen molar-refractivity contribution in [1.82, 2.24) is 8.96 Å². The van der Waals surface area contributed by atoms with Crippen LogP contribution in [0.4, 0.5) is 0 Å². The van der Waals surface area contributed by atoms with Gasteiger partial charge in [0, 0.05) is 11.7 Å². The number of hydrogen-bond donors (Lipinski definition) is 0. The third-order valence-corrected chi connectivity index (χ3v) is 2.91. The van der Waals surface area contributed by atoms with Crippen LogP contribution in [0.25, 0.3) is 0 Å². The molecular formula is C11H20N2S. The van der Waals surface area contributed by atoms with Crippen molar-refractivity contribution in [1.29, 1.82) is 0 Å². The maximum absolute atomic E-state index is 4.52. The van der Waals surface area contributed by atoms with Crippen molar-refractivity contribution in [3.63, 3.8) is 0 Å². The van der Waals surface area contributed by atoms with E-state index in [0.717, 1.165) is 0 Å². The predicted molar refractivity (Wildman–Crippen MR) is 63.9 cm³/mol. The molecule has 1 aromatic heterocycles. The first-order chi connectivity index (χ1) is 6.38. The molecule has 0 radical (unpaired) electrons. The molecule has 3 heteroatoms. The Morgan fingerprint density at radius 1 is 1.36 bits per heavy atom. The average Bonchev–Trinajstić information content (AvgIpc) is 2.45. The highest BCUT2D eigenvalue weighted by Crippen LogP contribution is 2.30. The van der Waals surface area contributed by atoms with Crippen molar-refractivity contribution in [2.24, 2.45) is 0 Å². The quantitative estimate of drug-likeness (QED) is 0.747. The molecule has 0 N–H and O–H groups in total. The molecule has 0 fully saturated rings. The zero-order valence-corrected chi connectivity index (χ0v) is 10.8. The van der Waals surface area contributed by atoms with Crippen molar-refractivity contribution < 1.29 is 0 Å². The second-order valence-electron chi connectivity index (χ2n) is 4.89. The molecule has 0 spiro atoms. The molecular weight excluding hydrogens is 192 g/mol. The molecule has 0 amide bonds. The number of nitrogens with zero attached hydrogens (tertiary/aromatic N) is 2. The van der Waals surface area contributed by atoms with Gasteiger partial charge in [-0.05, 0) is 17.9 Å². The number of rotatable bonds is 2. The Hall–Kier alpha value is -0.440. The van der Waals surface area contributed by atoms with Gasteiger partial charge in [-0.2, -0.15) is 0 Å². The molecule has 0 bridgehead atoms. The molecule has 14 heavy (non-hydrogen) atoms. The second kappa shape index (κ2) is 3.97. The molecule has 0 aromatic carbocycles. The van der Waals surface area contributed by atoms with Crippen LogP contribution in [-0.2, 0) is 5.41 Å². The maximum atomic E-state index is 4.52. The Morgan fingerprint density at radius 3 is 2.29 bits per heavy atom. The van der Waals surface area contributed by atoms with Crippen LogP contribution in [0.5, 0.6) is 0 Å². The van der Waals surface area contributed by atoms with Crippen molar-refractivity contribution in [3.8, 4) is 0 Å². The normalized spacial score (nSPS) is 12.5. The molecule has 0 aliphatic rings. The number of hydrogen-bond acceptors (Lipinski definition) is 2. The van der Waals surface area contributed by atoms with E-state index in [0.29, 0.717) is 5.92 Å². The van der Waals surface area contributed by atoms with Crippen LogP contribution in [0.1, 0.15) is 51.9 Å². The minimum atomic E-state index is 0.139. The molecule has 0 aliphatic carbocycles. The van der Waals surface area contributed by atoms with Crippen molar-refractivity contribution >= 4 is 11.9 Å². The van der Waals surface area contributed by atoms with Crippen molar-refractivity contribution in [3.05, 3.63) is 17.7 Å². The van der Waals surface area contributed by atoms with E-state index in [1.807, 2.05) is 6.33 Å². The summed E-state index contributed by atoms with van der Waals surface area (Å²) in [4.78, 5) is 4.52.